The van der Waals surface area contributed by atoms with E-state index in [0.29, 0.717) is 49.8 Å². The molecule has 1 N–H and O–H groups in total. The predicted octanol–water partition coefficient (Wildman–Crippen LogP) is 1.63. The average Bonchev–Trinajstić information content (AvgIpc) is 3.13. The largest absolute Gasteiger partial charge is 0.379 e. The van der Waals surface area contributed by atoms with E-state index in [1.165, 1.54) is 4.31 Å². The summed E-state index contributed by atoms with van der Waals surface area (Å²) in [5.41, 5.74) is 2.04. The molecule has 0 saturated carbocycles. The number of carbonyl (C=O) groups excluding carboxylic acids is 1. The average molecular weight is 473 g/mol. The van der Waals surface area contributed by atoms with Crippen LogP contribution in [0.5, 0.6) is 0 Å². The van der Waals surface area contributed by atoms with Crippen LogP contribution >= 0.6 is 0 Å². The zero-order valence-corrected chi connectivity index (χ0v) is 19.8. The maximum Gasteiger partial charge on any atom is 0.243 e. The van der Waals surface area contributed by atoms with Crippen LogP contribution in [-0.4, -0.2) is 73.6 Å². The number of nitrogens with one attached hydrogen (secondary N) is 1. The van der Waals surface area contributed by atoms with Gasteiger partial charge in [-0.05, 0) is 30.3 Å². The number of hydrogen-bond acceptors (Lipinski definition) is 7. The van der Waals surface area contributed by atoms with Crippen molar-refractivity contribution in [3.05, 3.63) is 42.4 Å². The Morgan fingerprint density at radius 1 is 1.18 bits per heavy atom. The molecule has 0 radical (unpaired) electrons. The number of fused-ring (bicyclic) bond motifs is 1. The number of pyridine rings is 1. The molecule has 0 spiro atoms. The van der Waals surface area contributed by atoms with Crippen molar-refractivity contribution in [2.24, 2.45) is 7.05 Å². The standard InChI is InChI=1S/C22H28N6O4S/c1-26(2)20-7-4-16(15-23-20)24-22(29)9-8-21-25-18-14-17(5-6-19(18)27(21)3)33(30,31)28-10-12-32-13-11-28/h4-7,14-15H,8-13H2,1-3H3,(H,24,29). The van der Waals surface area contributed by atoms with Gasteiger partial charge in [0.2, 0.25) is 15.9 Å². The van der Waals surface area contributed by atoms with Crippen LogP contribution in [0.25, 0.3) is 11.0 Å². The highest BCUT2D eigenvalue weighted by molar-refractivity contribution is 7.89. The smallest absolute Gasteiger partial charge is 0.243 e. The lowest BCUT2D eigenvalue weighted by atomic mass is 10.2. The second kappa shape index (κ2) is 9.46. The summed E-state index contributed by atoms with van der Waals surface area (Å²) < 4.78 is 34.5. The summed E-state index contributed by atoms with van der Waals surface area (Å²) in [7, 11) is 2.07. The van der Waals surface area contributed by atoms with Crippen molar-refractivity contribution < 1.29 is 17.9 Å². The van der Waals surface area contributed by atoms with Crippen LogP contribution in [-0.2, 0) is 33.0 Å². The number of ether oxygens (including phenoxy) is 1. The Labute approximate surface area is 193 Å². The molecule has 0 atom stereocenters. The summed E-state index contributed by atoms with van der Waals surface area (Å²) in [6.45, 7) is 1.48. The van der Waals surface area contributed by atoms with Gasteiger partial charge in [0.1, 0.15) is 11.6 Å². The van der Waals surface area contributed by atoms with Crippen LogP contribution in [0, 0.1) is 0 Å². The minimum Gasteiger partial charge on any atom is -0.379 e. The van der Waals surface area contributed by atoms with E-state index in [2.05, 4.69) is 15.3 Å². The van der Waals surface area contributed by atoms with Crippen molar-refractivity contribution in [3.8, 4) is 0 Å². The van der Waals surface area contributed by atoms with Gasteiger partial charge in [0.25, 0.3) is 0 Å². The lowest BCUT2D eigenvalue weighted by molar-refractivity contribution is -0.116. The molecule has 0 aliphatic carbocycles. The fraction of sp³-hybridized carbons (Fsp3) is 0.409. The maximum atomic E-state index is 12.9. The number of imidazole rings is 1. The highest BCUT2D eigenvalue weighted by Crippen LogP contribution is 2.23. The van der Waals surface area contributed by atoms with Gasteiger partial charge in [-0.2, -0.15) is 4.31 Å². The number of sulfonamides is 1. The summed E-state index contributed by atoms with van der Waals surface area (Å²) in [6, 6.07) is 8.62. The summed E-state index contributed by atoms with van der Waals surface area (Å²) in [4.78, 5) is 23.4. The van der Waals surface area contributed by atoms with Crippen LogP contribution in [0.3, 0.4) is 0 Å². The molecule has 1 saturated heterocycles. The number of anilines is 2. The third-order valence-electron chi connectivity index (χ3n) is 5.62. The van der Waals surface area contributed by atoms with Gasteiger partial charge in [-0.15, -0.1) is 0 Å². The summed E-state index contributed by atoms with van der Waals surface area (Å²) in [6.07, 6.45) is 2.29. The van der Waals surface area contributed by atoms with Crippen molar-refractivity contribution >= 4 is 38.5 Å². The zero-order valence-electron chi connectivity index (χ0n) is 19.0. The van der Waals surface area contributed by atoms with E-state index >= 15 is 0 Å². The Bertz CT molecular complexity index is 1250. The van der Waals surface area contributed by atoms with Crippen LogP contribution < -0.4 is 10.2 Å². The van der Waals surface area contributed by atoms with E-state index in [9.17, 15) is 13.2 Å². The quantitative estimate of drug-likeness (QED) is 0.557. The molecule has 3 heterocycles. The number of amides is 1. The Balaban J connectivity index is 1.45. The minimum absolute atomic E-state index is 0.142. The number of aryl methyl sites for hydroxylation is 2. The molecule has 176 valence electrons. The minimum atomic E-state index is -3.59. The molecule has 2 aromatic heterocycles. The Morgan fingerprint density at radius 3 is 2.61 bits per heavy atom. The Kier molecular flexibility index (Phi) is 6.63. The Morgan fingerprint density at radius 2 is 1.94 bits per heavy atom. The molecule has 1 fully saturated rings. The fourth-order valence-electron chi connectivity index (χ4n) is 3.72. The molecule has 0 unspecified atom stereocenters. The first kappa shape index (κ1) is 23.1. The van der Waals surface area contributed by atoms with Crippen molar-refractivity contribution in [1.29, 1.82) is 0 Å². The molecular weight excluding hydrogens is 444 g/mol. The summed E-state index contributed by atoms with van der Waals surface area (Å²) >= 11 is 0. The molecule has 3 aromatic rings. The van der Waals surface area contributed by atoms with E-state index in [0.717, 1.165) is 11.3 Å². The first-order valence-corrected chi connectivity index (χ1v) is 12.2. The van der Waals surface area contributed by atoms with Gasteiger partial charge in [-0.1, -0.05) is 0 Å². The molecule has 1 aromatic carbocycles. The number of carbonyl (C=O) groups is 1. The maximum absolute atomic E-state index is 12.9. The first-order valence-electron chi connectivity index (χ1n) is 10.7. The van der Waals surface area contributed by atoms with Crippen molar-refractivity contribution in [2.75, 3.05) is 50.6 Å². The van der Waals surface area contributed by atoms with Gasteiger partial charge in [0.15, 0.2) is 0 Å². The predicted molar refractivity (Wildman–Crippen MR) is 126 cm³/mol. The SMILES string of the molecule is CN(C)c1ccc(NC(=O)CCc2nc3cc(S(=O)(=O)N4CCOCC4)ccc3n2C)cn1. The van der Waals surface area contributed by atoms with Crippen molar-refractivity contribution in [3.63, 3.8) is 0 Å². The van der Waals surface area contributed by atoms with Crippen LogP contribution in [0.1, 0.15) is 12.2 Å². The van der Waals surface area contributed by atoms with Crippen molar-refractivity contribution in [1.82, 2.24) is 18.8 Å². The van der Waals surface area contributed by atoms with Crippen LogP contribution in [0.2, 0.25) is 0 Å². The number of morpholine rings is 1. The van der Waals surface area contributed by atoms with Gasteiger partial charge in [0, 0.05) is 47.1 Å². The van der Waals surface area contributed by atoms with Gasteiger partial charge in [0.05, 0.1) is 41.0 Å². The summed E-state index contributed by atoms with van der Waals surface area (Å²) in [5, 5.41) is 2.84. The number of nitrogens with zero attached hydrogens (tertiary/aromatic N) is 5. The molecule has 1 amide bonds. The van der Waals surface area contributed by atoms with Gasteiger partial charge in [-0.25, -0.2) is 18.4 Å². The van der Waals surface area contributed by atoms with Gasteiger partial charge < -0.3 is 19.5 Å². The molecule has 1 aliphatic rings. The molecular formula is C22H28N6O4S. The van der Waals surface area contributed by atoms with Gasteiger partial charge in [-0.3, -0.25) is 4.79 Å². The molecule has 11 heteroatoms. The molecule has 10 nitrogen and oxygen atoms in total. The van der Waals surface area contributed by atoms with Crippen LogP contribution in [0.4, 0.5) is 11.5 Å². The van der Waals surface area contributed by atoms with E-state index in [-0.39, 0.29) is 17.2 Å². The number of benzene rings is 1. The Hall–Kier alpha value is -3.02. The van der Waals surface area contributed by atoms with Crippen molar-refractivity contribution in [2.45, 2.75) is 17.7 Å². The lowest BCUT2D eigenvalue weighted by Crippen LogP contribution is -2.40. The number of hydrogen-bond donors (Lipinski definition) is 1. The molecule has 4 rings (SSSR count). The second-order valence-electron chi connectivity index (χ2n) is 8.10. The summed E-state index contributed by atoms with van der Waals surface area (Å²) in [5.74, 6) is 1.38. The lowest BCUT2D eigenvalue weighted by Gasteiger charge is -2.26. The fourth-order valence-corrected chi connectivity index (χ4v) is 5.15. The highest BCUT2D eigenvalue weighted by Gasteiger charge is 2.27. The van der Waals surface area contributed by atoms with E-state index in [1.807, 2.05) is 42.7 Å². The zero-order chi connectivity index (χ0) is 23.6. The molecule has 0 bridgehead atoms. The molecule has 1 aliphatic heterocycles. The monoisotopic (exact) mass is 472 g/mol. The molecule has 33 heavy (non-hydrogen) atoms. The highest BCUT2D eigenvalue weighted by atomic mass is 32.2. The first-order chi connectivity index (χ1) is 15.8. The number of aromatic nitrogens is 3. The van der Waals surface area contributed by atoms with E-state index < -0.39 is 10.0 Å². The van der Waals surface area contributed by atoms with E-state index in [4.69, 9.17) is 4.74 Å². The normalized spacial score (nSPS) is 15.0. The number of rotatable bonds is 7. The van der Waals surface area contributed by atoms with Gasteiger partial charge >= 0.3 is 0 Å². The van der Waals surface area contributed by atoms with Crippen LogP contribution in [0.15, 0.2) is 41.4 Å². The third-order valence-corrected chi connectivity index (χ3v) is 7.51. The van der Waals surface area contributed by atoms with E-state index in [1.54, 1.807) is 24.4 Å². The third kappa shape index (κ3) is 5.00. The second-order valence-corrected chi connectivity index (χ2v) is 10.0. The topological polar surface area (TPSA) is 110 Å².